The minimum Gasteiger partial charge on any atom is -0.444 e. The number of aliphatic hydroxyl groups is 1. The van der Waals surface area contributed by atoms with Crippen LogP contribution in [0.25, 0.3) is 0 Å². The van der Waals surface area contributed by atoms with Gasteiger partial charge in [-0.3, -0.25) is 4.79 Å². The molecule has 0 saturated carbocycles. The zero-order valence-electron chi connectivity index (χ0n) is 16.7. The number of amides is 2. The normalized spacial score (nSPS) is 25.1. The summed E-state index contributed by atoms with van der Waals surface area (Å²) in [4.78, 5) is 33.0. The fourth-order valence-electron chi connectivity index (χ4n) is 3.70. The van der Waals surface area contributed by atoms with Gasteiger partial charge in [0, 0.05) is 39.0 Å². The molecule has 1 fully saturated rings. The van der Waals surface area contributed by atoms with Gasteiger partial charge in [0.05, 0.1) is 5.54 Å². The first-order valence-electron chi connectivity index (χ1n) is 9.30. The Morgan fingerprint density at radius 2 is 1.93 bits per heavy atom. The second-order valence-electron chi connectivity index (χ2n) is 9.03. The van der Waals surface area contributed by atoms with E-state index in [1.807, 2.05) is 34.6 Å². The Morgan fingerprint density at radius 1 is 1.22 bits per heavy atom. The average Bonchev–Trinajstić information content (AvgIpc) is 2.98. The number of nitrogens with zero attached hydrogens (tertiary/aromatic N) is 5. The summed E-state index contributed by atoms with van der Waals surface area (Å²) < 4.78 is 7.16. The van der Waals surface area contributed by atoms with E-state index >= 15 is 0 Å². The van der Waals surface area contributed by atoms with E-state index in [1.165, 1.54) is 6.33 Å². The topological polar surface area (TPSA) is 101 Å². The van der Waals surface area contributed by atoms with E-state index in [0.717, 1.165) is 0 Å². The largest absolute Gasteiger partial charge is 0.444 e. The van der Waals surface area contributed by atoms with Crippen molar-refractivity contribution in [2.45, 2.75) is 70.7 Å². The van der Waals surface area contributed by atoms with E-state index in [1.54, 1.807) is 14.5 Å². The van der Waals surface area contributed by atoms with E-state index in [-0.39, 0.29) is 18.4 Å². The van der Waals surface area contributed by atoms with Crippen LogP contribution in [0.1, 0.15) is 46.9 Å². The molecule has 2 aliphatic rings. The Bertz CT molecular complexity index is 738. The van der Waals surface area contributed by atoms with Crippen LogP contribution in [-0.4, -0.2) is 78.0 Å². The van der Waals surface area contributed by atoms with E-state index < -0.39 is 16.7 Å². The number of ether oxygens (including phenoxy) is 1. The number of aromatic nitrogens is 3. The van der Waals surface area contributed by atoms with Crippen molar-refractivity contribution in [2.75, 3.05) is 19.6 Å². The summed E-state index contributed by atoms with van der Waals surface area (Å²) >= 11 is 0. The molecule has 1 aromatic rings. The molecule has 2 aliphatic heterocycles. The molecular weight excluding hydrogens is 350 g/mol. The molecule has 0 bridgehead atoms. The van der Waals surface area contributed by atoms with Crippen molar-refractivity contribution >= 4 is 12.0 Å². The molecule has 3 heterocycles. The van der Waals surface area contributed by atoms with Gasteiger partial charge in [0.2, 0.25) is 0 Å². The molecule has 9 nitrogen and oxygen atoms in total. The molecule has 150 valence electrons. The van der Waals surface area contributed by atoms with Crippen molar-refractivity contribution in [1.29, 1.82) is 0 Å². The van der Waals surface area contributed by atoms with Gasteiger partial charge in [-0.15, -0.1) is 0 Å². The fraction of sp³-hybridized carbons (Fsp3) is 0.778. The minimum absolute atomic E-state index is 0.147. The lowest BCUT2D eigenvalue weighted by molar-refractivity contribution is -0.163. The van der Waals surface area contributed by atoms with Crippen molar-refractivity contribution in [2.24, 2.45) is 0 Å². The maximum Gasteiger partial charge on any atom is 0.410 e. The average molecular weight is 379 g/mol. The first-order valence-corrected chi connectivity index (χ1v) is 9.30. The smallest absolute Gasteiger partial charge is 0.410 e. The number of rotatable bonds is 1. The second kappa shape index (κ2) is 6.47. The van der Waals surface area contributed by atoms with Crippen LogP contribution in [0.3, 0.4) is 0 Å². The monoisotopic (exact) mass is 379 g/mol. The molecule has 9 heteroatoms. The van der Waals surface area contributed by atoms with E-state index in [0.29, 0.717) is 38.4 Å². The molecule has 27 heavy (non-hydrogen) atoms. The highest BCUT2D eigenvalue weighted by Crippen LogP contribution is 2.30. The molecule has 1 atom stereocenters. The van der Waals surface area contributed by atoms with Crippen LogP contribution in [0.15, 0.2) is 6.33 Å². The predicted molar refractivity (Wildman–Crippen MR) is 96.9 cm³/mol. The Labute approximate surface area is 159 Å². The summed E-state index contributed by atoms with van der Waals surface area (Å²) in [5, 5.41) is 15.1. The molecule has 0 spiro atoms. The van der Waals surface area contributed by atoms with Gasteiger partial charge in [0.1, 0.15) is 17.8 Å². The molecule has 1 unspecified atom stereocenters. The molecular formula is C18H29N5O4. The quantitative estimate of drug-likeness (QED) is 0.775. The highest BCUT2D eigenvalue weighted by molar-refractivity contribution is 5.86. The van der Waals surface area contributed by atoms with Crippen LogP contribution in [0.4, 0.5) is 4.79 Å². The van der Waals surface area contributed by atoms with Gasteiger partial charge < -0.3 is 19.6 Å². The summed E-state index contributed by atoms with van der Waals surface area (Å²) in [6.45, 7) is 10.8. The van der Waals surface area contributed by atoms with E-state index in [2.05, 4.69) is 10.1 Å². The zero-order valence-corrected chi connectivity index (χ0v) is 16.7. The lowest BCUT2D eigenvalue weighted by Crippen LogP contribution is -2.66. The van der Waals surface area contributed by atoms with Crippen molar-refractivity contribution in [3.8, 4) is 0 Å². The lowest BCUT2D eigenvalue weighted by Gasteiger charge is -2.49. The summed E-state index contributed by atoms with van der Waals surface area (Å²) in [7, 11) is 0. The van der Waals surface area contributed by atoms with Crippen LogP contribution in [0.5, 0.6) is 0 Å². The molecule has 1 saturated heterocycles. The molecule has 0 radical (unpaired) electrons. The fourth-order valence-corrected chi connectivity index (χ4v) is 3.70. The second-order valence-corrected chi connectivity index (χ2v) is 9.03. The van der Waals surface area contributed by atoms with Gasteiger partial charge >= 0.3 is 6.09 Å². The van der Waals surface area contributed by atoms with Crippen LogP contribution in [0.2, 0.25) is 0 Å². The van der Waals surface area contributed by atoms with Crippen molar-refractivity contribution < 1.29 is 19.4 Å². The van der Waals surface area contributed by atoms with Crippen LogP contribution in [0, 0.1) is 0 Å². The molecule has 0 aromatic carbocycles. The van der Waals surface area contributed by atoms with Crippen molar-refractivity contribution in [3.05, 3.63) is 12.2 Å². The van der Waals surface area contributed by atoms with E-state index in [9.17, 15) is 14.7 Å². The van der Waals surface area contributed by atoms with Gasteiger partial charge in [-0.1, -0.05) is 0 Å². The third-order valence-electron chi connectivity index (χ3n) is 5.08. The number of carbonyl (C=O) groups excluding carboxylic acids is 2. The molecule has 0 aliphatic carbocycles. The minimum atomic E-state index is -1.49. The van der Waals surface area contributed by atoms with Crippen LogP contribution in [-0.2, 0) is 22.5 Å². The third kappa shape index (κ3) is 3.92. The molecule has 3 rings (SSSR count). The van der Waals surface area contributed by atoms with Gasteiger partial charge in [-0.05, 0) is 34.6 Å². The van der Waals surface area contributed by atoms with Crippen LogP contribution < -0.4 is 0 Å². The number of hydrogen-bond donors (Lipinski definition) is 1. The van der Waals surface area contributed by atoms with Gasteiger partial charge in [-0.25, -0.2) is 14.5 Å². The van der Waals surface area contributed by atoms with Crippen LogP contribution >= 0.6 is 0 Å². The van der Waals surface area contributed by atoms with Crippen molar-refractivity contribution in [3.63, 3.8) is 0 Å². The summed E-state index contributed by atoms with van der Waals surface area (Å²) in [5.74, 6) is 0.299. The first-order chi connectivity index (χ1) is 12.4. The predicted octanol–water partition coefficient (Wildman–Crippen LogP) is 0.813. The Hall–Kier alpha value is -2.16. The standard InChI is InChI=1S/C18H29N5O4/c1-16(2,3)27-15(25)21-8-9-22(17(4,5)11-21)14(24)18(26)6-7-23-13(10-18)19-12-20-23/h12,26H,6-11H2,1-5H3. The summed E-state index contributed by atoms with van der Waals surface area (Å²) in [5.41, 5.74) is -2.68. The van der Waals surface area contributed by atoms with Crippen molar-refractivity contribution in [1.82, 2.24) is 24.6 Å². The van der Waals surface area contributed by atoms with E-state index in [4.69, 9.17) is 4.74 Å². The third-order valence-corrected chi connectivity index (χ3v) is 5.08. The SMILES string of the molecule is CC(C)(C)OC(=O)N1CCN(C(=O)C2(O)CCn3ncnc3C2)C(C)(C)C1. The Kier molecular flexibility index (Phi) is 4.70. The lowest BCUT2D eigenvalue weighted by atomic mass is 9.87. The molecule has 1 N–H and O–H groups in total. The maximum atomic E-state index is 13.2. The van der Waals surface area contributed by atoms with Gasteiger partial charge in [0.25, 0.3) is 5.91 Å². The molecule has 2 amide bonds. The highest BCUT2D eigenvalue weighted by Gasteiger charge is 2.48. The Balaban J connectivity index is 1.71. The zero-order chi connectivity index (χ0) is 20.0. The number of aryl methyl sites for hydroxylation is 1. The number of hydrogen-bond acceptors (Lipinski definition) is 6. The highest BCUT2D eigenvalue weighted by atomic mass is 16.6. The number of carbonyl (C=O) groups is 2. The number of fused-ring (bicyclic) bond motifs is 1. The first kappa shape index (κ1) is 19.6. The number of piperazine rings is 1. The van der Waals surface area contributed by atoms with Gasteiger partial charge in [0.15, 0.2) is 5.60 Å². The summed E-state index contributed by atoms with van der Waals surface area (Å²) in [6, 6.07) is 0. The summed E-state index contributed by atoms with van der Waals surface area (Å²) in [6.07, 6.45) is 1.50. The maximum absolute atomic E-state index is 13.2. The Morgan fingerprint density at radius 3 is 2.56 bits per heavy atom. The molecule has 1 aromatic heterocycles. The van der Waals surface area contributed by atoms with Gasteiger partial charge in [-0.2, -0.15) is 5.10 Å².